The van der Waals surface area contributed by atoms with Crippen LogP contribution in [0.25, 0.3) is 68.6 Å². The molecule has 5 aromatic rings. The second-order valence-electron chi connectivity index (χ2n) is 11.0. The lowest BCUT2D eigenvalue weighted by molar-refractivity contribution is 0.918. The van der Waals surface area contributed by atoms with Gasteiger partial charge in [0.15, 0.2) is 0 Å². The van der Waals surface area contributed by atoms with Crippen molar-refractivity contribution in [2.75, 3.05) is 0 Å². The Hall–Kier alpha value is -4.30. The molecule has 0 spiro atoms. The average molecular weight is 674 g/mol. The van der Waals surface area contributed by atoms with Gasteiger partial charge < -0.3 is 9.97 Å². The van der Waals surface area contributed by atoms with Crippen LogP contribution in [0.15, 0.2) is 73.1 Å². The van der Waals surface area contributed by atoms with Crippen LogP contribution in [0.3, 0.4) is 0 Å². The van der Waals surface area contributed by atoms with Gasteiger partial charge in [0.25, 0.3) is 0 Å². The maximum atomic E-state index is 5.24. The second-order valence-corrected chi connectivity index (χ2v) is 12.2. The molecule has 2 N–H and O–H groups in total. The fourth-order valence-corrected chi connectivity index (χ4v) is 6.45. The normalized spacial score (nSPS) is 12.3. The molecule has 0 saturated carbocycles. The Balaban J connectivity index is 1.65. The van der Waals surface area contributed by atoms with Crippen molar-refractivity contribution >= 4 is 69.0 Å². The fraction of sp³-hybridized carbons (Fsp3) is 0.162. The first kappa shape index (κ1) is 27.5. The molecule has 6 heterocycles. The Kier molecular flexibility index (Phi) is 7.53. The Labute approximate surface area is 265 Å². The van der Waals surface area contributed by atoms with Crippen molar-refractivity contribution < 1.29 is 0 Å². The molecule has 0 saturated heterocycles. The van der Waals surface area contributed by atoms with Gasteiger partial charge in [0.05, 0.1) is 22.8 Å². The van der Waals surface area contributed by atoms with E-state index in [0.717, 1.165) is 92.8 Å². The van der Waals surface area contributed by atoms with E-state index < -0.39 is 0 Å². The number of nitrogens with zero attached hydrogens (tertiary/aromatic N) is 3. The third kappa shape index (κ3) is 5.25. The predicted octanol–water partition coefficient (Wildman–Crippen LogP) is 9.89. The number of aryl methyl sites for hydroxylation is 2. The summed E-state index contributed by atoms with van der Waals surface area (Å²) in [5.41, 5.74) is 15.0. The van der Waals surface area contributed by atoms with E-state index in [4.69, 9.17) is 9.97 Å². The molecule has 1 aromatic carbocycles. The van der Waals surface area contributed by atoms with E-state index in [1.54, 1.807) is 0 Å². The van der Waals surface area contributed by atoms with Crippen molar-refractivity contribution in [1.82, 2.24) is 24.9 Å². The molecule has 0 aliphatic carbocycles. The van der Waals surface area contributed by atoms with Crippen molar-refractivity contribution in [3.8, 4) is 22.3 Å². The minimum absolute atomic E-state index is 0.917. The third-order valence-corrected chi connectivity index (χ3v) is 8.79. The number of nitrogens with one attached hydrogen (secondary N) is 2. The molecule has 2 aliphatic heterocycles. The molecule has 8 bridgehead atoms. The van der Waals surface area contributed by atoms with Gasteiger partial charge in [0, 0.05) is 60.3 Å². The zero-order chi connectivity index (χ0) is 29.3. The van der Waals surface area contributed by atoms with E-state index in [2.05, 4.69) is 124 Å². The Morgan fingerprint density at radius 1 is 0.535 bits per heavy atom. The lowest BCUT2D eigenvalue weighted by atomic mass is 10.0. The first-order valence-electron chi connectivity index (χ1n) is 14.9. The van der Waals surface area contributed by atoms with Crippen LogP contribution in [0.4, 0.5) is 0 Å². The van der Waals surface area contributed by atoms with Crippen LogP contribution < -0.4 is 0 Å². The maximum absolute atomic E-state index is 5.24. The van der Waals surface area contributed by atoms with Crippen LogP contribution in [0.5, 0.6) is 0 Å². The number of benzene rings is 1. The highest BCUT2D eigenvalue weighted by molar-refractivity contribution is 14.1. The van der Waals surface area contributed by atoms with Gasteiger partial charge in [-0.1, -0.05) is 38.8 Å². The van der Waals surface area contributed by atoms with Gasteiger partial charge in [-0.05, 0) is 119 Å². The predicted molar refractivity (Wildman–Crippen MR) is 188 cm³/mol. The molecule has 0 amide bonds. The molecular weight excluding hydrogens is 641 g/mol. The largest absolute Gasteiger partial charge is 0.355 e. The summed E-state index contributed by atoms with van der Waals surface area (Å²) in [4.78, 5) is 22.4. The molecule has 0 fully saturated rings. The number of aromatic nitrogens is 5. The lowest BCUT2D eigenvalue weighted by Crippen LogP contribution is -1.93. The van der Waals surface area contributed by atoms with E-state index in [-0.39, 0.29) is 0 Å². The van der Waals surface area contributed by atoms with E-state index in [1.807, 2.05) is 24.5 Å². The number of hydrogen-bond donors (Lipinski definition) is 2. The summed E-state index contributed by atoms with van der Waals surface area (Å²) in [5, 5.41) is 0. The highest BCUT2D eigenvalue weighted by Gasteiger charge is 2.18. The van der Waals surface area contributed by atoms with E-state index >= 15 is 0 Å². The zero-order valence-corrected chi connectivity index (χ0v) is 26.4. The van der Waals surface area contributed by atoms with E-state index in [1.165, 1.54) is 14.7 Å². The van der Waals surface area contributed by atoms with Crippen LogP contribution in [-0.4, -0.2) is 24.9 Å². The van der Waals surface area contributed by atoms with Crippen molar-refractivity contribution in [1.29, 1.82) is 0 Å². The molecule has 43 heavy (non-hydrogen) atoms. The van der Waals surface area contributed by atoms with Crippen LogP contribution in [0.2, 0.25) is 0 Å². The standard InChI is InChI=1S/C37H32IN5/c1-3-5-26-28-11-15-32(40-28)36(23-7-9-25(38)10-8-23)33-16-12-29(41-33)27(6-4-2)31-14-18-35(43-31)37(24-19-21-39-22-20-24)34-17-13-30(26)42-34/h7-22,40-41H,3-6H2,1-2H3. The van der Waals surface area contributed by atoms with Crippen molar-refractivity contribution in [2.24, 2.45) is 0 Å². The maximum Gasteiger partial charge on any atom is 0.0737 e. The van der Waals surface area contributed by atoms with Crippen molar-refractivity contribution in [3.63, 3.8) is 0 Å². The average Bonchev–Trinajstić information content (AvgIpc) is 3.85. The summed E-state index contributed by atoms with van der Waals surface area (Å²) >= 11 is 2.37. The quantitative estimate of drug-likeness (QED) is 0.173. The molecule has 6 heteroatoms. The minimum atomic E-state index is 0.917. The van der Waals surface area contributed by atoms with Crippen molar-refractivity contribution in [2.45, 2.75) is 39.5 Å². The van der Waals surface area contributed by atoms with Gasteiger partial charge in [-0.2, -0.15) is 0 Å². The van der Waals surface area contributed by atoms with Gasteiger partial charge in [0.2, 0.25) is 0 Å². The molecule has 0 atom stereocenters. The third-order valence-electron chi connectivity index (χ3n) is 8.07. The first-order chi connectivity index (χ1) is 21.1. The second kappa shape index (κ2) is 11.8. The summed E-state index contributed by atoms with van der Waals surface area (Å²) in [6.07, 6.45) is 16.1. The number of halogens is 1. The van der Waals surface area contributed by atoms with Crippen molar-refractivity contribution in [3.05, 3.63) is 111 Å². The van der Waals surface area contributed by atoms with E-state index in [0.29, 0.717) is 0 Å². The molecule has 212 valence electrons. The topological polar surface area (TPSA) is 70.2 Å². The number of hydrogen-bond acceptors (Lipinski definition) is 3. The van der Waals surface area contributed by atoms with Crippen LogP contribution in [0, 0.1) is 3.57 Å². The summed E-state index contributed by atoms with van der Waals surface area (Å²) < 4.78 is 1.21. The Bertz CT molecular complexity index is 1940. The summed E-state index contributed by atoms with van der Waals surface area (Å²) in [7, 11) is 0. The molecule has 2 aliphatic rings. The van der Waals surface area contributed by atoms with Gasteiger partial charge in [0.1, 0.15) is 0 Å². The van der Waals surface area contributed by atoms with Gasteiger partial charge in [-0.25, -0.2) is 9.97 Å². The Morgan fingerprint density at radius 2 is 1.00 bits per heavy atom. The number of rotatable bonds is 6. The lowest BCUT2D eigenvalue weighted by Gasteiger charge is -2.06. The molecule has 0 radical (unpaired) electrons. The molecule has 0 unspecified atom stereocenters. The van der Waals surface area contributed by atoms with Crippen LogP contribution >= 0.6 is 22.6 Å². The highest BCUT2D eigenvalue weighted by atomic mass is 127. The monoisotopic (exact) mass is 673 g/mol. The van der Waals surface area contributed by atoms with Gasteiger partial charge in [-0.3, -0.25) is 4.98 Å². The number of pyridine rings is 1. The molecule has 7 rings (SSSR count). The minimum Gasteiger partial charge on any atom is -0.355 e. The van der Waals surface area contributed by atoms with Crippen LogP contribution in [-0.2, 0) is 12.8 Å². The molecule has 5 nitrogen and oxygen atoms in total. The number of fused-ring (bicyclic) bond motifs is 8. The Morgan fingerprint density at radius 3 is 1.51 bits per heavy atom. The van der Waals surface area contributed by atoms with Gasteiger partial charge >= 0.3 is 0 Å². The first-order valence-corrected chi connectivity index (χ1v) is 16.0. The zero-order valence-electron chi connectivity index (χ0n) is 24.3. The highest BCUT2D eigenvalue weighted by Crippen LogP contribution is 2.34. The van der Waals surface area contributed by atoms with Crippen LogP contribution in [0.1, 0.15) is 60.6 Å². The molecular formula is C37H32IN5. The summed E-state index contributed by atoms with van der Waals surface area (Å²) in [6.45, 7) is 4.44. The summed E-state index contributed by atoms with van der Waals surface area (Å²) in [5.74, 6) is 0. The smallest absolute Gasteiger partial charge is 0.0737 e. The number of H-pyrrole nitrogens is 2. The van der Waals surface area contributed by atoms with E-state index in [9.17, 15) is 0 Å². The SMILES string of the molecule is CCCc1c2nc(c(-c3ccncc3)c3nc(c(CCC)c4ccc([nH]4)c(-c4ccc(I)cc4)c4ccc1[nH]4)C=C3)C=C2. The van der Waals surface area contributed by atoms with Gasteiger partial charge in [-0.15, -0.1) is 0 Å². The number of aromatic amines is 2. The fourth-order valence-electron chi connectivity index (χ4n) is 6.09. The molecule has 4 aromatic heterocycles. The summed E-state index contributed by atoms with van der Waals surface area (Å²) in [6, 6.07) is 21.6.